The van der Waals surface area contributed by atoms with Crippen LogP contribution in [-0.2, 0) is 30.0 Å². The number of carbonyl (C=O) groups excluding carboxylic acids is 1. The molecule has 1 aliphatic carbocycles. The Balaban J connectivity index is 1.64. The van der Waals surface area contributed by atoms with Crippen molar-refractivity contribution >= 4 is 47.7 Å². The summed E-state index contributed by atoms with van der Waals surface area (Å²) in [7, 11) is -1.49. The molecule has 1 spiro atoms. The van der Waals surface area contributed by atoms with Crippen molar-refractivity contribution in [3.63, 3.8) is 0 Å². The number of benzene rings is 3. The van der Waals surface area contributed by atoms with Gasteiger partial charge in [0.2, 0.25) is 4.33 Å². The van der Waals surface area contributed by atoms with Gasteiger partial charge in [0, 0.05) is 13.5 Å². The Morgan fingerprint density at radius 1 is 0.897 bits per heavy atom. The van der Waals surface area contributed by atoms with E-state index in [9.17, 15) is 4.79 Å². The average molecular weight is 586 g/mol. The van der Waals surface area contributed by atoms with Gasteiger partial charge in [-0.3, -0.25) is 4.79 Å². The summed E-state index contributed by atoms with van der Waals surface area (Å²) in [5.41, 5.74) is -0.336. The predicted molar refractivity (Wildman–Crippen MR) is 156 cm³/mol. The van der Waals surface area contributed by atoms with Gasteiger partial charge < -0.3 is 18.6 Å². The molecule has 1 saturated heterocycles. The highest BCUT2D eigenvalue weighted by Crippen LogP contribution is 2.58. The molecular formula is C31H34Cl2O5Si. The van der Waals surface area contributed by atoms with Crippen LogP contribution in [0.1, 0.15) is 32.8 Å². The smallest absolute Gasteiger partial charge is 0.261 e. The van der Waals surface area contributed by atoms with E-state index in [0.29, 0.717) is 0 Å². The summed E-state index contributed by atoms with van der Waals surface area (Å²) in [5, 5.41) is 1.91. The highest BCUT2D eigenvalue weighted by Gasteiger charge is 2.76. The molecule has 8 heteroatoms. The molecule has 1 heterocycles. The molecule has 1 saturated carbocycles. The van der Waals surface area contributed by atoms with E-state index in [-0.39, 0.29) is 23.8 Å². The van der Waals surface area contributed by atoms with E-state index in [1.807, 2.05) is 66.7 Å². The molecule has 206 valence electrons. The minimum Gasteiger partial charge on any atom is -0.396 e. The van der Waals surface area contributed by atoms with Crippen molar-refractivity contribution in [2.75, 3.05) is 7.11 Å². The van der Waals surface area contributed by atoms with Gasteiger partial charge in [0.25, 0.3) is 8.32 Å². The third-order valence-corrected chi connectivity index (χ3v) is 14.0. The molecular weight excluding hydrogens is 551 g/mol. The number of ketones is 1. The number of hydrogen-bond donors (Lipinski definition) is 0. The van der Waals surface area contributed by atoms with Gasteiger partial charge in [-0.15, -0.1) is 0 Å². The lowest BCUT2D eigenvalue weighted by Crippen LogP contribution is -2.72. The fourth-order valence-corrected chi connectivity index (χ4v) is 11.1. The minimum atomic E-state index is -3.05. The molecule has 0 amide bonds. The molecule has 5 nitrogen and oxygen atoms in total. The Morgan fingerprint density at radius 2 is 1.41 bits per heavy atom. The molecule has 39 heavy (non-hydrogen) atoms. The van der Waals surface area contributed by atoms with Gasteiger partial charge in [-0.1, -0.05) is 135 Å². The number of hydrogen-bond acceptors (Lipinski definition) is 5. The molecule has 3 aromatic carbocycles. The van der Waals surface area contributed by atoms with Crippen LogP contribution in [0.5, 0.6) is 0 Å². The van der Waals surface area contributed by atoms with Crippen molar-refractivity contribution in [2.45, 2.75) is 67.3 Å². The zero-order chi connectivity index (χ0) is 27.9. The summed E-state index contributed by atoms with van der Waals surface area (Å²) in [6, 6.07) is 30.5. The zero-order valence-electron chi connectivity index (χ0n) is 22.6. The lowest BCUT2D eigenvalue weighted by Gasteiger charge is -2.50. The molecule has 5 rings (SSSR count). The first kappa shape index (κ1) is 28.5. The maximum atomic E-state index is 12.6. The fourth-order valence-electron chi connectivity index (χ4n) is 5.92. The predicted octanol–water partition coefficient (Wildman–Crippen LogP) is 5.41. The van der Waals surface area contributed by atoms with Gasteiger partial charge in [-0.05, 0) is 21.0 Å². The van der Waals surface area contributed by atoms with Gasteiger partial charge in [0.15, 0.2) is 12.1 Å². The number of alkyl halides is 2. The van der Waals surface area contributed by atoms with Crippen molar-refractivity contribution in [1.82, 2.24) is 0 Å². The van der Waals surface area contributed by atoms with E-state index in [1.165, 1.54) is 0 Å². The second-order valence-corrected chi connectivity index (χ2v) is 16.8. The van der Waals surface area contributed by atoms with E-state index >= 15 is 0 Å². The van der Waals surface area contributed by atoms with Crippen LogP contribution >= 0.6 is 23.2 Å². The molecule has 4 atom stereocenters. The summed E-state index contributed by atoms with van der Waals surface area (Å²) in [6.07, 6.45) is -2.32. The van der Waals surface area contributed by atoms with E-state index in [1.54, 1.807) is 7.11 Å². The molecule has 2 aliphatic rings. The second kappa shape index (κ2) is 10.7. The van der Waals surface area contributed by atoms with E-state index in [4.69, 9.17) is 41.8 Å². The van der Waals surface area contributed by atoms with E-state index < -0.39 is 36.7 Å². The Bertz CT molecular complexity index is 1240. The Hall–Kier alpha value is -2.03. The fraction of sp³-hybridized carbons (Fsp3) is 0.387. The SMILES string of the molecule is COC1O[C@@]2(CC(=O)C2(Cl)Cl)[C@H](OCc2ccccc2)C1O[Si](c1ccccc1)(c1ccccc1)C(C)(C)C. The van der Waals surface area contributed by atoms with Crippen molar-refractivity contribution in [3.05, 3.63) is 96.6 Å². The molecule has 0 radical (unpaired) electrons. The minimum absolute atomic E-state index is 0.0138. The van der Waals surface area contributed by atoms with Gasteiger partial charge in [-0.25, -0.2) is 0 Å². The molecule has 0 bridgehead atoms. The average Bonchev–Trinajstić information content (AvgIpc) is 3.25. The van der Waals surface area contributed by atoms with Crippen molar-refractivity contribution < 1.29 is 23.4 Å². The number of carbonyl (C=O) groups is 1. The van der Waals surface area contributed by atoms with Crippen LogP contribution in [0.3, 0.4) is 0 Å². The molecule has 3 aromatic rings. The standard InChI is InChI=1S/C31H34Cl2O5Si/c1-29(2,3)39(23-16-10-6-11-17-23,24-18-12-7-13-19-24)38-26-27(36-21-22-14-8-5-9-15-22)30(37-28(26)35-4)20-25(34)31(30,32)33/h5-19,26-28H,20-21H2,1-4H3/t26?,27-,28?,30+/m1/s1. The first-order chi connectivity index (χ1) is 18.6. The van der Waals surface area contributed by atoms with Crippen LogP contribution in [0.25, 0.3) is 0 Å². The first-order valence-electron chi connectivity index (χ1n) is 13.1. The normalized spacial score (nSPS) is 26.5. The number of rotatable bonds is 8. The summed E-state index contributed by atoms with van der Waals surface area (Å²) >= 11 is 13.4. The Labute approximate surface area is 241 Å². The number of methoxy groups -OCH3 is 1. The molecule has 0 N–H and O–H groups in total. The maximum Gasteiger partial charge on any atom is 0.261 e. The van der Waals surface area contributed by atoms with Crippen LogP contribution in [0, 0.1) is 0 Å². The second-order valence-electron chi connectivity index (χ2n) is 11.2. The molecule has 0 aromatic heterocycles. The molecule has 2 unspecified atom stereocenters. The van der Waals surface area contributed by atoms with Crippen molar-refractivity contribution in [3.8, 4) is 0 Å². The largest absolute Gasteiger partial charge is 0.396 e. The summed E-state index contributed by atoms with van der Waals surface area (Å²) in [4.78, 5) is 12.6. The van der Waals surface area contributed by atoms with E-state index in [2.05, 4.69) is 45.0 Å². The highest BCUT2D eigenvalue weighted by atomic mass is 35.5. The third kappa shape index (κ3) is 4.70. The zero-order valence-corrected chi connectivity index (χ0v) is 25.1. The quantitative estimate of drug-likeness (QED) is 0.262. The molecule has 2 fully saturated rings. The van der Waals surface area contributed by atoms with Crippen LogP contribution in [0.4, 0.5) is 0 Å². The van der Waals surface area contributed by atoms with Crippen LogP contribution in [0.2, 0.25) is 5.04 Å². The number of ether oxygens (including phenoxy) is 3. The number of halogens is 2. The maximum absolute atomic E-state index is 12.6. The summed E-state index contributed by atoms with van der Waals surface area (Å²) in [6.45, 7) is 6.87. The third-order valence-electron chi connectivity index (χ3n) is 7.89. The number of Topliss-reactive ketones (excluding diaryl/α,β-unsaturated/α-hetero) is 1. The Kier molecular flexibility index (Phi) is 7.85. The van der Waals surface area contributed by atoms with Crippen LogP contribution in [-0.4, -0.2) is 49.6 Å². The molecule has 1 aliphatic heterocycles. The monoisotopic (exact) mass is 584 g/mol. The van der Waals surface area contributed by atoms with Crippen LogP contribution < -0.4 is 10.4 Å². The topological polar surface area (TPSA) is 54.0 Å². The van der Waals surface area contributed by atoms with Gasteiger partial charge in [-0.2, -0.15) is 0 Å². The lowest BCUT2D eigenvalue weighted by molar-refractivity contribution is -0.205. The first-order valence-corrected chi connectivity index (χ1v) is 15.8. The van der Waals surface area contributed by atoms with Crippen molar-refractivity contribution in [1.29, 1.82) is 0 Å². The highest BCUT2D eigenvalue weighted by molar-refractivity contribution is 6.99. The van der Waals surface area contributed by atoms with Crippen LogP contribution in [0.15, 0.2) is 91.0 Å². The van der Waals surface area contributed by atoms with Gasteiger partial charge in [0.05, 0.1) is 6.61 Å². The lowest BCUT2D eigenvalue weighted by atomic mass is 9.73. The van der Waals surface area contributed by atoms with E-state index in [0.717, 1.165) is 15.9 Å². The summed E-state index contributed by atoms with van der Waals surface area (Å²) in [5.74, 6) is -0.305. The van der Waals surface area contributed by atoms with Gasteiger partial charge >= 0.3 is 0 Å². The van der Waals surface area contributed by atoms with Crippen molar-refractivity contribution in [2.24, 2.45) is 0 Å². The summed E-state index contributed by atoms with van der Waals surface area (Å²) < 4.78 is 24.5. The van der Waals surface area contributed by atoms with Gasteiger partial charge in [0.1, 0.15) is 17.8 Å². The Morgan fingerprint density at radius 3 is 1.85 bits per heavy atom.